The summed E-state index contributed by atoms with van der Waals surface area (Å²) in [7, 11) is 0. The Balaban J connectivity index is 1.80. The third-order valence-corrected chi connectivity index (χ3v) is 6.20. The lowest BCUT2D eigenvalue weighted by atomic mass is 10.0. The van der Waals surface area contributed by atoms with E-state index in [4.69, 9.17) is 15.3 Å². The number of hydrogen-bond acceptors (Lipinski definition) is 12. The average molecular weight is 513 g/mol. The van der Waals surface area contributed by atoms with Gasteiger partial charge in [-0.1, -0.05) is 5.16 Å². The maximum Gasteiger partial charge on any atom is 0.353 e. The minimum absolute atomic E-state index is 0.0619. The molecule has 2 aliphatic rings. The van der Waals surface area contributed by atoms with Crippen LogP contribution in [-0.2, 0) is 28.8 Å². The third-order valence-electron chi connectivity index (χ3n) is 4.48. The number of anilines is 1. The summed E-state index contributed by atoms with van der Waals surface area (Å²) in [4.78, 5) is 59.8. The lowest BCUT2D eigenvalue weighted by Gasteiger charge is -2.48. The molecule has 1 saturated heterocycles. The van der Waals surface area contributed by atoms with Crippen LogP contribution in [0.15, 0.2) is 16.9 Å². The van der Waals surface area contributed by atoms with Gasteiger partial charge in [-0.3, -0.25) is 14.5 Å². The first kappa shape index (κ1) is 25.4. The number of nitrogen functional groups attached to an aromatic ring is 1. The normalized spacial score (nSPS) is 20.6. The molecule has 0 radical (unpaired) electrons. The zero-order valence-electron chi connectivity index (χ0n) is 19.0. The Kier molecular flexibility index (Phi) is 6.89. The maximum absolute atomic E-state index is 13.0. The molecule has 0 aromatic carbocycles. The standard InChI is InChI=1S/C19H24N6O7S2/c1-18(2,3)31-16(30)19(4,5)32-23-9(11-22-17(20)34-24-11)12(26)21-10-13(27)25-8(15(28)29)6-7-33-14(10)25/h6,10,14H,7H2,1-5H3,(H,21,26)(H,28,29)(H2,20,22,24)/t10?,14-/m1/s1. The highest BCUT2D eigenvalue weighted by Crippen LogP contribution is 2.37. The number of carboxylic acid groups (broad SMARTS) is 1. The van der Waals surface area contributed by atoms with Gasteiger partial charge in [0.1, 0.15) is 22.7 Å². The zero-order chi connectivity index (χ0) is 25.4. The molecule has 13 nitrogen and oxygen atoms in total. The summed E-state index contributed by atoms with van der Waals surface area (Å²) in [5.41, 5.74) is 2.74. The number of oxime groups is 1. The molecule has 4 N–H and O–H groups in total. The number of aromatic nitrogens is 2. The Hall–Kier alpha value is -3.20. The van der Waals surface area contributed by atoms with Crippen LogP contribution in [0.5, 0.6) is 0 Å². The van der Waals surface area contributed by atoms with Crippen LogP contribution in [0.3, 0.4) is 0 Å². The van der Waals surface area contributed by atoms with E-state index in [1.165, 1.54) is 31.7 Å². The molecule has 184 valence electrons. The van der Waals surface area contributed by atoms with Gasteiger partial charge < -0.3 is 25.7 Å². The predicted molar refractivity (Wildman–Crippen MR) is 123 cm³/mol. The highest BCUT2D eigenvalue weighted by atomic mass is 32.2. The van der Waals surface area contributed by atoms with E-state index in [9.17, 15) is 24.3 Å². The van der Waals surface area contributed by atoms with Crippen molar-refractivity contribution < 1.29 is 33.9 Å². The van der Waals surface area contributed by atoms with Gasteiger partial charge in [0.15, 0.2) is 5.13 Å². The van der Waals surface area contributed by atoms with Gasteiger partial charge in [-0.25, -0.2) is 9.59 Å². The first-order chi connectivity index (χ1) is 15.7. The number of nitrogens with two attached hydrogens (primary N) is 1. The number of thioether (sulfide) groups is 1. The van der Waals surface area contributed by atoms with Gasteiger partial charge in [-0.2, -0.15) is 9.36 Å². The van der Waals surface area contributed by atoms with Crippen LogP contribution in [0.4, 0.5) is 5.13 Å². The van der Waals surface area contributed by atoms with E-state index in [1.807, 2.05) is 0 Å². The molecule has 1 fully saturated rings. The number of esters is 1. The van der Waals surface area contributed by atoms with E-state index >= 15 is 0 Å². The average Bonchev–Trinajstić information content (AvgIpc) is 3.15. The van der Waals surface area contributed by atoms with Crippen LogP contribution in [0.2, 0.25) is 0 Å². The second kappa shape index (κ2) is 9.21. The van der Waals surface area contributed by atoms with E-state index in [1.54, 1.807) is 20.8 Å². The predicted octanol–water partition coefficient (Wildman–Crippen LogP) is 0.330. The molecule has 1 unspecified atom stereocenters. The van der Waals surface area contributed by atoms with Crippen molar-refractivity contribution in [1.29, 1.82) is 0 Å². The van der Waals surface area contributed by atoms with E-state index in [-0.39, 0.29) is 16.7 Å². The Morgan fingerprint density at radius 1 is 1.29 bits per heavy atom. The first-order valence-corrected chi connectivity index (χ1v) is 11.8. The highest BCUT2D eigenvalue weighted by Gasteiger charge is 2.53. The Bertz CT molecular complexity index is 1090. The molecular formula is C19H24N6O7S2. The van der Waals surface area contributed by atoms with Gasteiger partial charge in [0, 0.05) is 17.3 Å². The fraction of sp³-hybridized carbons (Fsp3) is 0.526. The lowest BCUT2D eigenvalue weighted by molar-refractivity contribution is -0.179. The molecule has 3 rings (SSSR count). The van der Waals surface area contributed by atoms with E-state index in [0.717, 1.165) is 16.4 Å². The molecule has 3 heterocycles. The van der Waals surface area contributed by atoms with Crippen molar-refractivity contribution in [2.24, 2.45) is 5.16 Å². The quantitative estimate of drug-likeness (QED) is 0.198. The summed E-state index contributed by atoms with van der Waals surface area (Å²) in [6, 6.07) is -0.999. The Morgan fingerprint density at radius 3 is 2.53 bits per heavy atom. The Labute approximate surface area is 202 Å². The smallest absolute Gasteiger partial charge is 0.353 e. The second-order valence-electron chi connectivity index (χ2n) is 8.78. The van der Waals surface area contributed by atoms with Gasteiger partial charge in [-0.15, -0.1) is 11.8 Å². The maximum atomic E-state index is 13.0. The largest absolute Gasteiger partial charge is 0.477 e. The molecule has 2 aliphatic heterocycles. The SMILES string of the molecule is CC(C)(C)OC(=O)C(C)(C)ON=C(C(=O)NC1C(=O)N2C(C(=O)O)=CCS[C@H]12)c1nsc(N)n1. The van der Waals surface area contributed by atoms with Gasteiger partial charge >= 0.3 is 11.9 Å². The summed E-state index contributed by atoms with van der Waals surface area (Å²) in [6.07, 6.45) is 1.43. The number of rotatable bonds is 7. The number of hydrogen-bond donors (Lipinski definition) is 3. The summed E-state index contributed by atoms with van der Waals surface area (Å²) in [5.74, 6) is -3.19. The molecule has 1 aromatic rings. The topological polar surface area (TPSA) is 186 Å². The van der Waals surface area contributed by atoms with Crippen LogP contribution >= 0.6 is 23.3 Å². The van der Waals surface area contributed by atoms with Crippen LogP contribution in [0.1, 0.15) is 40.4 Å². The zero-order valence-corrected chi connectivity index (χ0v) is 20.7. The van der Waals surface area contributed by atoms with Gasteiger partial charge in [0.05, 0.1) is 0 Å². The van der Waals surface area contributed by atoms with Crippen molar-refractivity contribution in [3.63, 3.8) is 0 Å². The molecule has 15 heteroatoms. The number of nitrogens with zero attached hydrogens (tertiary/aromatic N) is 4. The van der Waals surface area contributed by atoms with E-state index in [2.05, 4.69) is 19.8 Å². The van der Waals surface area contributed by atoms with Crippen LogP contribution in [-0.4, -0.2) is 77.2 Å². The number of carboxylic acids is 1. The van der Waals surface area contributed by atoms with Crippen molar-refractivity contribution in [3.8, 4) is 0 Å². The van der Waals surface area contributed by atoms with Crippen molar-refractivity contribution in [2.45, 2.75) is 57.2 Å². The molecule has 0 aliphatic carbocycles. The number of carbonyl (C=O) groups excluding carboxylic acids is 3. The number of aliphatic carboxylic acids is 1. The third kappa shape index (κ3) is 5.30. The van der Waals surface area contributed by atoms with Crippen molar-refractivity contribution in [3.05, 3.63) is 17.6 Å². The summed E-state index contributed by atoms with van der Waals surface area (Å²) < 4.78 is 9.27. The minimum Gasteiger partial charge on any atom is -0.477 e. The molecule has 0 bridgehead atoms. The fourth-order valence-corrected chi connectivity index (χ4v) is 4.49. The molecule has 0 saturated carbocycles. The highest BCUT2D eigenvalue weighted by molar-refractivity contribution is 8.00. The molecule has 34 heavy (non-hydrogen) atoms. The van der Waals surface area contributed by atoms with Gasteiger partial charge in [0.25, 0.3) is 11.8 Å². The molecular weight excluding hydrogens is 488 g/mol. The van der Waals surface area contributed by atoms with Crippen LogP contribution < -0.4 is 11.1 Å². The fourth-order valence-electron chi connectivity index (χ4n) is 2.86. The summed E-state index contributed by atoms with van der Waals surface area (Å²) in [5, 5.41) is 15.1. The summed E-state index contributed by atoms with van der Waals surface area (Å²) in [6.45, 7) is 7.90. The van der Waals surface area contributed by atoms with Crippen LogP contribution in [0.25, 0.3) is 0 Å². The number of β-lactam (4-membered cyclic amide) rings is 1. The van der Waals surface area contributed by atoms with Gasteiger partial charge in [0.2, 0.25) is 17.1 Å². The van der Waals surface area contributed by atoms with Crippen LogP contribution in [0, 0.1) is 0 Å². The number of nitrogens with one attached hydrogen (secondary N) is 1. The second-order valence-corrected chi connectivity index (χ2v) is 10.7. The number of amides is 2. The van der Waals surface area contributed by atoms with E-state index in [0.29, 0.717) is 5.75 Å². The van der Waals surface area contributed by atoms with Crippen molar-refractivity contribution in [2.75, 3.05) is 11.5 Å². The monoisotopic (exact) mass is 512 g/mol. The van der Waals surface area contributed by atoms with E-state index < -0.39 is 52.1 Å². The Morgan fingerprint density at radius 2 is 1.97 bits per heavy atom. The number of ether oxygens (including phenoxy) is 1. The molecule has 2 atom stereocenters. The van der Waals surface area contributed by atoms with Crippen molar-refractivity contribution >= 4 is 57.9 Å². The summed E-state index contributed by atoms with van der Waals surface area (Å²) >= 11 is 2.11. The number of carbonyl (C=O) groups is 4. The molecule has 0 spiro atoms. The van der Waals surface area contributed by atoms with Gasteiger partial charge in [-0.05, 0) is 40.7 Å². The van der Waals surface area contributed by atoms with Crippen molar-refractivity contribution in [1.82, 2.24) is 19.6 Å². The minimum atomic E-state index is -1.57. The molecule has 1 aromatic heterocycles. The number of fused-ring (bicyclic) bond motifs is 1. The molecule has 2 amide bonds. The lowest BCUT2D eigenvalue weighted by Crippen LogP contribution is -2.70. The first-order valence-electron chi connectivity index (χ1n) is 9.99.